The molecule has 0 aromatic rings. The third kappa shape index (κ3) is 1.77. The second-order valence-corrected chi connectivity index (χ2v) is 11.4. The van der Waals surface area contributed by atoms with Gasteiger partial charge in [0.1, 0.15) is 6.10 Å². The van der Waals surface area contributed by atoms with E-state index in [0.717, 1.165) is 50.8 Å². The van der Waals surface area contributed by atoms with Crippen molar-refractivity contribution in [3.63, 3.8) is 0 Å². The van der Waals surface area contributed by atoms with Gasteiger partial charge < -0.3 is 14.9 Å². The second-order valence-electron chi connectivity index (χ2n) is 11.4. The Morgan fingerprint density at radius 3 is 2.76 bits per heavy atom. The van der Waals surface area contributed by atoms with Gasteiger partial charge in [0.2, 0.25) is 0 Å². The molecule has 11 atom stereocenters. The van der Waals surface area contributed by atoms with E-state index in [1.54, 1.807) is 0 Å². The number of aliphatic hydroxyl groups excluding tert-OH is 2. The quantitative estimate of drug-likeness (QED) is 0.549. The van der Waals surface area contributed by atoms with Crippen molar-refractivity contribution >= 4 is 5.97 Å². The van der Waals surface area contributed by atoms with E-state index < -0.39 is 6.10 Å². The SMILES string of the molecule is C=C1[C@H]2CC[C@@]3(C4CC5[C@@]6(C)CC[C@H](O)[C@]5(C3C2OC(C)=O)[C@@H]4N(CC)C6)[C@@H]1O. The summed E-state index contributed by atoms with van der Waals surface area (Å²) in [7, 11) is 0. The van der Waals surface area contributed by atoms with Crippen LogP contribution in [0.4, 0.5) is 0 Å². The molecule has 0 amide bonds. The van der Waals surface area contributed by atoms with Gasteiger partial charge in [-0.3, -0.25) is 9.69 Å². The van der Waals surface area contributed by atoms with E-state index >= 15 is 0 Å². The third-order valence-electron chi connectivity index (χ3n) is 10.8. The van der Waals surface area contributed by atoms with E-state index in [1.165, 1.54) is 6.92 Å². The fourth-order valence-corrected chi connectivity index (χ4v) is 10.3. The number of carbonyl (C=O) groups excluding carboxylic acids is 1. The molecule has 29 heavy (non-hydrogen) atoms. The number of fused-ring (bicyclic) bond motifs is 2. The van der Waals surface area contributed by atoms with Gasteiger partial charge in [-0.1, -0.05) is 20.4 Å². The molecule has 1 aliphatic heterocycles. The topological polar surface area (TPSA) is 70.0 Å². The Hall–Kier alpha value is -0.910. The molecule has 7 bridgehead atoms. The van der Waals surface area contributed by atoms with E-state index in [9.17, 15) is 15.0 Å². The van der Waals surface area contributed by atoms with Gasteiger partial charge in [-0.2, -0.15) is 0 Å². The zero-order valence-corrected chi connectivity index (χ0v) is 17.9. The summed E-state index contributed by atoms with van der Waals surface area (Å²) in [4.78, 5) is 14.8. The number of likely N-dealkylation sites (tertiary alicyclic amines) is 1. The van der Waals surface area contributed by atoms with Gasteiger partial charge in [0.25, 0.3) is 0 Å². The second kappa shape index (κ2) is 5.46. The molecule has 1 saturated heterocycles. The molecular formula is C24H35NO4. The number of aliphatic hydroxyl groups is 2. The lowest BCUT2D eigenvalue weighted by Crippen LogP contribution is -2.72. The Morgan fingerprint density at radius 1 is 1.31 bits per heavy atom. The molecule has 160 valence electrons. The van der Waals surface area contributed by atoms with Crippen molar-refractivity contribution in [2.75, 3.05) is 13.1 Å². The van der Waals surface area contributed by atoms with Crippen LogP contribution in [0.3, 0.4) is 0 Å². The number of hydrogen-bond donors (Lipinski definition) is 2. The summed E-state index contributed by atoms with van der Waals surface area (Å²) in [6.45, 7) is 12.5. The maximum atomic E-state index is 12.2. The van der Waals surface area contributed by atoms with E-state index in [0.29, 0.717) is 11.8 Å². The summed E-state index contributed by atoms with van der Waals surface area (Å²) in [5.41, 5.74) is 0.492. The van der Waals surface area contributed by atoms with Gasteiger partial charge in [0.15, 0.2) is 0 Å². The van der Waals surface area contributed by atoms with Gasteiger partial charge in [-0.05, 0) is 61.5 Å². The van der Waals surface area contributed by atoms with Crippen molar-refractivity contribution in [1.82, 2.24) is 4.90 Å². The van der Waals surface area contributed by atoms with Crippen LogP contribution in [0.5, 0.6) is 0 Å². The Kier molecular flexibility index (Phi) is 3.55. The summed E-state index contributed by atoms with van der Waals surface area (Å²) in [6.07, 6.45) is 3.72. The summed E-state index contributed by atoms with van der Waals surface area (Å²) in [6, 6.07) is 0.281. The Balaban J connectivity index is 1.61. The Bertz CT molecular complexity index is 798. The van der Waals surface area contributed by atoms with Gasteiger partial charge >= 0.3 is 5.97 Å². The van der Waals surface area contributed by atoms with Gasteiger partial charge in [0, 0.05) is 42.2 Å². The molecule has 4 unspecified atom stereocenters. The fourth-order valence-electron chi connectivity index (χ4n) is 10.3. The fraction of sp³-hybridized carbons (Fsp3) is 0.875. The highest BCUT2D eigenvalue weighted by atomic mass is 16.5. The molecule has 6 aliphatic carbocycles. The summed E-state index contributed by atoms with van der Waals surface area (Å²) < 4.78 is 6.07. The predicted molar refractivity (Wildman–Crippen MR) is 108 cm³/mol. The first-order valence-electron chi connectivity index (χ1n) is 11.7. The van der Waals surface area contributed by atoms with E-state index in [1.807, 2.05) is 0 Å². The number of ether oxygens (including phenoxy) is 1. The van der Waals surface area contributed by atoms with E-state index in [-0.39, 0.29) is 52.3 Å². The van der Waals surface area contributed by atoms with Crippen LogP contribution < -0.4 is 0 Å². The molecule has 2 N–H and O–H groups in total. The lowest BCUT2D eigenvalue weighted by Gasteiger charge is -2.69. The number of nitrogens with zero attached hydrogens (tertiary/aromatic N) is 1. The van der Waals surface area contributed by atoms with Crippen LogP contribution in [0.15, 0.2) is 12.2 Å². The molecule has 7 rings (SSSR count). The van der Waals surface area contributed by atoms with Crippen LogP contribution in [0.1, 0.15) is 52.9 Å². The summed E-state index contributed by atoms with van der Waals surface area (Å²) in [5.74, 6) is 0.606. The van der Waals surface area contributed by atoms with Crippen LogP contribution in [0.25, 0.3) is 0 Å². The normalized spacial score (nSPS) is 59.7. The minimum atomic E-state index is -0.539. The predicted octanol–water partition coefficient (Wildman–Crippen LogP) is 2.36. The maximum Gasteiger partial charge on any atom is 0.302 e. The van der Waals surface area contributed by atoms with Crippen LogP contribution >= 0.6 is 0 Å². The van der Waals surface area contributed by atoms with Crippen molar-refractivity contribution in [2.45, 2.75) is 77.2 Å². The first-order valence-corrected chi connectivity index (χ1v) is 11.7. The van der Waals surface area contributed by atoms with Gasteiger partial charge in [-0.25, -0.2) is 0 Å². The number of esters is 1. The number of rotatable bonds is 2. The first kappa shape index (κ1) is 18.8. The van der Waals surface area contributed by atoms with Gasteiger partial charge in [0.05, 0.1) is 12.2 Å². The van der Waals surface area contributed by atoms with Crippen LogP contribution in [-0.2, 0) is 9.53 Å². The number of hydrogen-bond acceptors (Lipinski definition) is 5. The molecule has 7 aliphatic rings. The molecule has 0 aromatic heterocycles. The molecule has 2 spiro atoms. The standard InChI is InChI=1S/C24H35NO4/c1-5-25-11-22(4)8-7-17(27)24-16(22)10-15(20(24)25)23-9-6-14(12(2)21(23)28)18(19(23)24)29-13(3)26/h14-21,27-28H,2,5-11H2,1,3-4H3/t14-,15?,16?,17+,18?,19?,20-,21-,22+,23+,24-/m1/s1. The summed E-state index contributed by atoms with van der Waals surface area (Å²) in [5, 5.41) is 23.3. The molecule has 7 fully saturated rings. The third-order valence-corrected chi connectivity index (χ3v) is 10.8. The minimum Gasteiger partial charge on any atom is -0.462 e. The monoisotopic (exact) mass is 401 g/mol. The average Bonchev–Trinajstić information content (AvgIpc) is 3.12. The highest BCUT2D eigenvalue weighted by Crippen LogP contribution is 2.83. The van der Waals surface area contributed by atoms with Crippen molar-refractivity contribution in [2.24, 2.45) is 39.9 Å². The molecule has 1 heterocycles. The minimum absolute atomic E-state index is 0.0192. The average molecular weight is 402 g/mol. The first-order chi connectivity index (χ1) is 13.7. The van der Waals surface area contributed by atoms with Crippen LogP contribution in [0.2, 0.25) is 0 Å². The number of carbonyl (C=O) groups is 1. The smallest absolute Gasteiger partial charge is 0.302 e. The highest BCUT2D eigenvalue weighted by Gasteiger charge is 2.86. The molecule has 0 radical (unpaired) electrons. The maximum absolute atomic E-state index is 12.2. The van der Waals surface area contributed by atoms with Crippen molar-refractivity contribution in [3.05, 3.63) is 12.2 Å². The van der Waals surface area contributed by atoms with Crippen LogP contribution in [0, 0.1) is 39.9 Å². The molecule has 6 saturated carbocycles. The Morgan fingerprint density at radius 2 is 2.07 bits per heavy atom. The number of piperidine rings is 1. The zero-order chi connectivity index (χ0) is 20.5. The van der Waals surface area contributed by atoms with Crippen molar-refractivity contribution in [1.29, 1.82) is 0 Å². The molecule has 5 heteroatoms. The van der Waals surface area contributed by atoms with E-state index in [4.69, 9.17) is 4.74 Å². The van der Waals surface area contributed by atoms with Crippen LogP contribution in [-0.4, -0.2) is 58.5 Å². The molecule has 0 aromatic carbocycles. The van der Waals surface area contributed by atoms with Crippen molar-refractivity contribution < 1.29 is 19.7 Å². The largest absolute Gasteiger partial charge is 0.462 e. The lowest BCUT2D eigenvalue weighted by atomic mass is 9.38. The van der Waals surface area contributed by atoms with Crippen molar-refractivity contribution in [3.8, 4) is 0 Å². The lowest BCUT2D eigenvalue weighted by molar-refractivity contribution is -0.261. The van der Waals surface area contributed by atoms with Gasteiger partial charge in [-0.15, -0.1) is 0 Å². The zero-order valence-electron chi connectivity index (χ0n) is 17.9. The Labute approximate surface area is 173 Å². The molecular weight excluding hydrogens is 366 g/mol. The summed E-state index contributed by atoms with van der Waals surface area (Å²) >= 11 is 0. The highest BCUT2D eigenvalue weighted by molar-refractivity contribution is 5.66. The molecule has 5 nitrogen and oxygen atoms in total. The van der Waals surface area contributed by atoms with E-state index in [2.05, 4.69) is 25.3 Å².